The average Bonchev–Trinajstić information content (AvgIpc) is 3.56. The van der Waals surface area contributed by atoms with E-state index in [1.165, 1.54) is 12.1 Å². The normalized spacial score (nSPS) is 14.0. The molecule has 0 N–H and O–H groups in total. The van der Waals surface area contributed by atoms with Gasteiger partial charge in [0, 0.05) is 62.7 Å². The zero-order valence-electron chi connectivity index (χ0n) is 20.4. The lowest BCUT2D eigenvalue weighted by molar-refractivity contribution is -0.131. The number of hydrogen-bond donors (Lipinski definition) is 0. The van der Waals surface area contributed by atoms with Crippen LogP contribution in [0, 0.1) is 5.82 Å². The van der Waals surface area contributed by atoms with Gasteiger partial charge in [-0.15, -0.1) is 10.2 Å². The van der Waals surface area contributed by atoms with Gasteiger partial charge in [0.15, 0.2) is 5.65 Å². The van der Waals surface area contributed by atoms with Crippen molar-refractivity contribution in [3.05, 3.63) is 78.6 Å². The molecule has 1 fully saturated rings. The lowest BCUT2D eigenvalue weighted by Crippen LogP contribution is -2.48. The quantitative estimate of drug-likeness (QED) is 0.356. The molecule has 0 radical (unpaired) electrons. The van der Waals surface area contributed by atoms with E-state index >= 15 is 0 Å². The van der Waals surface area contributed by atoms with Gasteiger partial charge in [0.2, 0.25) is 5.91 Å². The van der Waals surface area contributed by atoms with Gasteiger partial charge in [0.25, 0.3) is 0 Å². The van der Waals surface area contributed by atoms with Gasteiger partial charge in [0.1, 0.15) is 22.9 Å². The maximum absolute atomic E-state index is 13.2. The van der Waals surface area contributed by atoms with Crippen molar-refractivity contribution in [2.75, 3.05) is 38.2 Å². The highest BCUT2D eigenvalue weighted by Gasteiger charge is 2.22. The number of rotatable bonds is 6. The first-order valence-corrected chi connectivity index (χ1v) is 12.2. The summed E-state index contributed by atoms with van der Waals surface area (Å²) in [6.45, 7) is 2.73. The van der Waals surface area contributed by atoms with Crippen LogP contribution in [0.2, 0.25) is 0 Å². The second-order valence-corrected chi connectivity index (χ2v) is 9.04. The number of piperazine rings is 1. The fourth-order valence-electron chi connectivity index (χ4n) is 4.78. The number of aromatic nitrogens is 5. The lowest BCUT2D eigenvalue weighted by Gasteiger charge is -2.36. The molecule has 0 unspecified atom stereocenters. The molecule has 1 saturated heterocycles. The van der Waals surface area contributed by atoms with Gasteiger partial charge in [-0.25, -0.2) is 8.91 Å². The van der Waals surface area contributed by atoms with Crippen LogP contribution < -0.4 is 9.64 Å². The van der Waals surface area contributed by atoms with E-state index in [-0.39, 0.29) is 11.7 Å². The third-order valence-electron chi connectivity index (χ3n) is 6.86. The first kappa shape index (κ1) is 23.0. The minimum absolute atomic E-state index is 0.0997. The molecule has 1 aliphatic heterocycles. The summed E-state index contributed by atoms with van der Waals surface area (Å²) in [5, 5.41) is 13.4. The number of benzene rings is 2. The molecular formula is C27H26FN7O2. The Morgan fingerprint density at radius 1 is 0.973 bits per heavy atom. The smallest absolute Gasteiger partial charge is 0.223 e. The number of amides is 1. The van der Waals surface area contributed by atoms with Gasteiger partial charge in [-0.05, 0) is 54.6 Å². The Balaban J connectivity index is 1.12. The summed E-state index contributed by atoms with van der Waals surface area (Å²) in [4.78, 5) is 17.0. The molecule has 37 heavy (non-hydrogen) atoms. The molecule has 9 nitrogen and oxygen atoms in total. The Morgan fingerprint density at radius 2 is 1.73 bits per heavy atom. The summed E-state index contributed by atoms with van der Waals surface area (Å²) in [5.41, 5.74) is 4.33. The molecule has 0 aliphatic carbocycles. The summed E-state index contributed by atoms with van der Waals surface area (Å²) >= 11 is 0. The maximum atomic E-state index is 13.2. The first-order valence-electron chi connectivity index (χ1n) is 12.2. The van der Waals surface area contributed by atoms with Crippen molar-refractivity contribution >= 4 is 22.8 Å². The van der Waals surface area contributed by atoms with Crippen LogP contribution in [-0.2, 0) is 11.2 Å². The summed E-state index contributed by atoms with van der Waals surface area (Å²) in [7, 11) is 1.64. The summed E-state index contributed by atoms with van der Waals surface area (Å²) in [6, 6.07) is 16.2. The highest BCUT2D eigenvalue weighted by atomic mass is 19.1. The lowest BCUT2D eigenvalue weighted by atomic mass is 10.1. The van der Waals surface area contributed by atoms with E-state index in [4.69, 9.17) is 4.74 Å². The van der Waals surface area contributed by atoms with E-state index in [9.17, 15) is 9.18 Å². The van der Waals surface area contributed by atoms with E-state index in [0.717, 1.165) is 47.1 Å². The molecule has 188 valence electrons. The number of aryl methyl sites for hydroxylation is 1. The summed E-state index contributed by atoms with van der Waals surface area (Å²) in [5.74, 6) is 1.39. The van der Waals surface area contributed by atoms with E-state index in [1.54, 1.807) is 23.8 Å². The summed E-state index contributed by atoms with van der Waals surface area (Å²) in [6.07, 6.45) is 4.61. The molecule has 0 spiro atoms. The molecule has 4 heterocycles. The van der Waals surface area contributed by atoms with Gasteiger partial charge < -0.3 is 14.5 Å². The highest BCUT2D eigenvalue weighted by Crippen LogP contribution is 2.24. The molecule has 1 amide bonds. The highest BCUT2D eigenvalue weighted by molar-refractivity contribution is 5.78. The van der Waals surface area contributed by atoms with Gasteiger partial charge in [-0.3, -0.25) is 9.20 Å². The minimum atomic E-state index is -0.245. The predicted molar refractivity (Wildman–Crippen MR) is 137 cm³/mol. The Hall–Kier alpha value is -4.47. The molecule has 0 saturated carbocycles. The van der Waals surface area contributed by atoms with E-state index in [1.807, 2.05) is 52.0 Å². The Kier molecular flexibility index (Phi) is 5.91. The topological polar surface area (TPSA) is 80.3 Å². The average molecular weight is 500 g/mol. The van der Waals surface area contributed by atoms with Crippen LogP contribution in [0.1, 0.15) is 12.2 Å². The number of carbonyl (C=O) groups excluding carboxylic acids is 1. The molecular weight excluding hydrogens is 473 g/mol. The van der Waals surface area contributed by atoms with Crippen molar-refractivity contribution in [1.29, 1.82) is 0 Å². The Bertz CT molecular complexity index is 1550. The Labute approximate surface area is 212 Å². The van der Waals surface area contributed by atoms with Crippen LogP contribution in [0.3, 0.4) is 0 Å². The van der Waals surface area contributed by atoms with Crippen LogP contribution in [0.4, 0.5) is 10.1 Å². The standard InChI is InChI=1S/C27H26FN7O2/c1-37-22-8-2-19(3-9-22)23-18-24-27-30-29-25(34(27)16-17-35(24)31-23)10-11-26(36)33-14-12-32(13-15-33)21-6-4-20(28)5-7-21/h2-9,16-18H,10-15H2,1H3. The molecule has 0 bridgehead atoms. The van der Waals surface area contributed by atoms with Crippen LogP contribution in [0.15, 0.2) is 67.0 Å². The van der Waals surface area contributed by atoms with E-state index in [0.29, 0.717) is 31.6 Å². The third kappa shape index (κ3) is 4.46. The van der Waals surface area contributed by atoms with Crippen molar-refractivity contribution in [3.63, 3.8) is 0 Å². The molecule has 0 atom stereocenters. The molecule has 5 aromatic rings. The number of halogens is 1. The predicted octanol–water partition coefficient (Wildman–Crippen LogP) is 3.47. The van der Waals surface area contributed by atoms with Crippen molar-refractivity contribution in [1.82, 2.24) is 29.1 Å². The summed E-state index contributed by atoms with van der Waals surface area (Å²) < 4.78 is 22.2. The van der Waals surface area contributed by atoms with Gasteiger partial charge in [0.05, 0.1) is 12.8 Å². The zero-order chi connectivity index (χ0) is 25.4. The maximum Gasteiger partial charge on any atom is 0.223 e. The Morgan fingerprint density at radius 3 is 2.46 bits per heavy atom. The number of anilines is 1. The van der Waals surface area contributed by atoms with Crippen molar-refractivity contribution in [2.24, 2.45) is 0 Å². The number of hydrogen-bond acceptors (Lipinski definition) is 6. The third-order valence-corrected chi connectivity index (χ3v) is 6.86. The molecule has 2 aromatic carbocycles. The second kappa shape index (κ2) is 9.53. The number of nitrogens with zero attached hydrogens (tertiary/aromatic N) is 7. The fourth-order valence-corrected chi connectivity index (χ4v) is 4.78. The number of ether oxygens (including phenoxy) is 1. The second-order valence-electron chi connectivity index (χ2n) is 9.04. The molecule has 6 rings (SSSR count). The van der Waals surface area contributed by atoms with Crippen LogP contribution in [-0.4, -0.2) is 68.3 Å². The van der Waals surface area contributed by atoms with Gasteiger partial charge >= 0.3 is 0 Å². The molecule has 3 aromatic heterocycles. The number of fused-ring (bicyclic) bond motifs is 3. The van der Waals surface area contributed by atoms with Crippen LogP contribution in [0.25, 0.3) is 22.4 Å². The largest absolute Gasteiger partial charge is 0.497 e. The molecule has 10 heteroatoms. The SMILES string of the molecule is COc1ccc(-c2cc3c4nnc(CCC(=O)N5CCN(c6ccc(F)cc6)CC5)n4ccn3n2)cc1. The van der Waals surface area contributed by atoms with Crippen molar-refractivity contribution < 1.29 is 13.9 Å². The number of methoxy groups -OCH3 is 1. The molecule has 1 aliphatic rings. The number of carbonyl (C=O) groups is 1. The monoisotopic (exact) mass is 499 g/mol. The van der Waals surface area contributed by atoms with Crippen molar-refractivity contribution in [3.8, 4) is 17.0 Å². The van der Waals surface area contributed by atoms with E-state index in [2.05, 4.69) is 20.2 Å². The van der Waals surface area contributed by atoms with E-state index < -0.39 is 0 Å². The first-order chi connectivity index (χ1) is 18.1. The van der Waals surface area contributed by atoms with Crippen molar-refractivity contribution in [2.45, 2.75) is 12.8 Å². The zero-order valence-corrected chi connectivity index (χ0v) is 20.4. The van der Waals surface area contributed by atoms with Gasteiger partial charge in [-0.1, -0.05) is 0 Å². The minimum Gasteiger partial charge on any atom is -0.497 e. The van der Waals surface area contributed by atoms with Gasteiger partial charge in [-0.2, -0.15) is 5.10 Å². The van der Waals surface area contributed by atoms with Crippen LogP contribution >= 0.6 is 0 Å². The fraction of sp³-hybridized carbons (Fsp3) is 0.259. The van der Waals surface area contributed by atoms with Crippen LogP contribution in [0.5, 0.6) is 5.75 Å².